The van der Waals surface area contributed by atoms with Crippen molar-refractivity contribution in [3.63, 3.8) is 0 Å². The Hall–Kier alpha value is -4.69. The fourth-order valence-corrected chi connectivity index (χ4v) is 3.22. The number of carbonyl (C=O) groups excluding carboxylic acids is 1. The summed E-state index contributed by atoms with van der Waals surface area (Å²) in [6, 6.07) is 10.6. The number of amides is 1. The van der Waals surface area contributed by atoms with Crippen molar-refractivity contribution in [2.24, 2.45) is 0 Å². The van der Waals surface area contributed by atoms with Gasteiger partial charge in [0.05, 0.1) is 5.56 Å². The Kier molecular flexibility index (Phi) is 8.42. The molecule has 15 heteroatoms. The van der Waals surface area contributed by atoms with Crippen LogP contribution in [-0.2, 0) is 22.3 Å². The molecule has 2 aromatic carbocycles. The second kappa shape index (κ2) is 11.4. The maximum atomic E-state index is 13.3. The van der Waals surface area contributed by atoms with E-state index in [0.29, 0.717) is 12.1 Å². The number of alkyl halides is 6. The Labute approximate surface area is 216 Å². The van der Waals surface area contributed by atoms with Crippen LogP contribution in [0.2, 0.25) is 0 Å². The van der Waals surface area contributed by atoms with Gasteiger partial charge in [-0.3, -0.25) is 4.79 Å². The Bertz CT molecular complexity index is 1480. The van der Waals surface area contributed by atoms with Crippen molar-refractivity contribution in [1.29, 1.82) is 0 Å². The van der Waals surface area contributed by atoms with Gasteiger partial charge in [0, 0.05) is 42.7 Å². The third-order valence-electron chi connectivity index (χ3n) is 4.96. The van der Waals surface area contributed by atoms with E-state index in [2.05, 4.69) is 20.4 Å². The van der Waals surface area contributed by atoms with Crippen LogP contribution in [0.5, 0.6) is 0 Å². The zero-order valence-corrected chi connectivity index (χ0v) is 20.1. The van der Waals surface area contributed by atoms with Gasteiger partial charge in [-0.1, -0.05) is 23.4 Å². The molecule has 2 N–H and O–H groups in total. The molecule has 39 heavy (non-hydrogen) atoms. The van der Waals surface area contributed by atoms with Gasteiger partial charge in [-0.2, -0.15) is 31.3 Å². The lowest BCUT2D eigenvalue weighted by molar-refractivity contribution is -0.192. The van der Waals surface area contributed by atoms with Gasteiger partial charge in [0.1, 0.15) is 5.82 Å². The number of aryl methyl sites for hydroxylation is 1. The molecule has 2 aromatic heterocycles. The number of halogens is 6. The van der Waals surface area contributed by atoms with Gasteiger partial charge in [0.15, 0.2) is 0 Å². The average Bonchev–Trinajstić information content (AvgIpc) is 3.48. The van der Waals surface area contributed by atoms with Crippen molar-refractivity contribution in [3.8, 4) is 22.8 Å². The van der Waals surface area contributed by atoms with Gasteiger partial charge in [0.25, 0.3) is 5.89 Å². The summed E-state index contributed by atoms with van der Waals surface area (Å²) in [7, 11) is 0. The lowest BCUT2D eigenvalue weighted by Crippen LogP contribution is -2.21. The summed E-state index contributed by atoms with van der Waals surface area (Å²) in [6.45, 7) is 3.71. The maximum absolute atomic E-state index is 13.3. The highest BCUT2D eigenvalue weighted by Gasteiger charge is 2.38. The molecule has 0 bridgehead atoms. The van der Waals surface area contributed by atoms with Crippen molar-refractivity contribution in [1.82, 2.24) is 19.7 Å². The van der Waals surface area contributed by atoms with E-state index in [9.17, 15) is 31.1 Å². The molecule has 0 radical (unpaired) electrons. The number of imidazole rings is 1. The highest BCUT2D eigenvalue weighted by Crippen LogP contribution is 2.35. The van der Waals surface area contributed by atoms with E-state index in [1.54, 1.807) is 12.3 Å². The normalized spacial score (nSPS) is 11.5. The number of hydrogen-bond acceptors (Lipinski definition) is 6. The molecule has 206 valence electrons. The summed E-state index contributed by atoms with van der Waals surface area (Å²) in [5.41, 5.74) is 0.731. The largest absolute Gasteiger partial charge is 0.490 e. The molecule has 0 aliphatic rings. The van der Waals surface area contributed by atoms with E-state index in [0.717, 1.165) is 23.5 Å². The van der Waals surface area contributed by atoms with E-state index in [1.807, 2.05) is 35.9 Å². The van der Waals surface area contributed by atoms with E-state index in [1.165, 1.54) is 13.0 Å². The molecule has 9 nitrogen and oxygen atoms in total. The fourth-order valence-electron chi connectivity index (χ4n) is 3.22. The Balaban J connectivity index is 0.000000532. The quantitative estimate of drug-likeness (QED) is 0.309. The average molecular weight is 555 g/mol. The lowest BCUT2D eigenvalue weighted by atomic mass is 10.1. The predicted octanol–water partition coefficient (Wildman–Crippen LogP) is 5.57. The number of carbonyl (C=O) groups is 2. The van der Waals surface area contributed by atoms with Crippen LogP contribution in [0.1, 0.15) is 23.9 Å². The first-order chi connectivity index (χ1) is 18.1. The van der Waals surface area contributed by atoms with Crippen molar-refractivity contribution >= 4 is 17.6 Å². The highest BCUT2D eigenvalue weighted by molar-refractivity contribution is 5.89. The summed E-state index contributed by atoms with van der Waals surface area (Å²) < 4.78 is 78.9. The van der Waals surface area contributed by atoms with Crippen molar-refractivity contribution in [3.05, 3.63) is 71.8 Å². The minimum Gasteiger partial charge on any atom is -0.475 e. The summed E-state index contributed by atoms with van der Waals surface area (Å²) in [5.74, 6) is -2.23. The minimum absolute atomic E-state index is 0.0141. The van der Waals surface area contributed by atoms with Crippen LogP contribution in [0.3, 0.4) is 0 Å². The van der Waals surface area contributed by atoms with Crippen LogP contribution < -0.4 is 5.32 Å². The maximum Gasteiger partial charge on any atom is 0.490 e. The second-order valence-corrected chi connectivity index (χ2v) is 8.01. The number of nitrogens with zero attached hydrogens (tertiary/aromatic N) is 4. The summed E-state index contributed by atoms with van der Waals surface area (Å²) in [6.07, 6.45) is -6.10. The first-order valence-corrected chi connectivity index (χ1v) is 10.8. The highest BCUT2D eigenvalue weighted by atomic mass is 19.4. The number of aromatic nitrogens is 4. The molecular weight excluding hydrogens is 536 g/mol. The third-order valence-corrected chi connectivity index (χ3v) is 4.96. The van der Waals surface area contributed by atoms with Gasteiger partial charge < -0.3 is 19.5 Å². The fraction of sp³-hybridized carbons (Fsp3) is 0.208. The van der Waals surface area contributed by atoms with E-state index in [4.69, 9.17) is 14.4 Å². The smallest absolute Gasteiger partial charge is 0.475 e. The molecule has 0 aliphatic carbocycles. The number of anilines is 1. The van der Waals surface area contributed by atoms with Gasteiger partial charge in [-0.15, -0.1) is 0 Å². The van der Waals surface area contributed by atoms with E-state index in [-0.39, 0.29) is 23.0 Å². The number of nitrogens with one attached hydrogen (secondary N) is 1. The molecule has 2 heterocycles. The molecule has 0 fully saturated rings. The van der Waals surface area contributed by atoms with Crippen LogP contribution in [-0.4, -0.2) is 42.9 Å². The molecule has 4 rings (SSSR count). The molecule has 0 spiro atoms. The molecule has 0 saturated carbocycles. The van der Waals surface area contributed by atoms with Crippen LogP contribution in [0.4, 0.5) is 32.0 Å². The molecular formula is C24H19F6N5O4. The number of carboxylic acid groups (broad SMARTS) is 1. The molecule has 0 saturated heterocycles. The summed E-state index contributed by atoms with van der Waals surface area (Å²) in [4.78, 5) is 28.7. The van der Waals surface area contributed by atoms with Gasteiger partial charge in [-0.25, -0.2) is 9.78 Å². The Morgan fingerprint density at radius 3 is 2.31 bits per heavy atom. The number of carboxylic acids is 1. The second-order valence-electron chi connectivity index (χ2n) is 8.01. The van der Waals surface area contributed by atoms with Crippen LogP contribution in [0.15, 0.2) is 59.4 Å². The van der Waals surface area contributed by atoms with E-state index >= 15 is 0 Å². The zero-order valence-electron chi connectivity index (χ0n) is 20.1. The summed E-state index contributed by atoms with van der Waals surface area (Å²) in [5, 5.41) is 13.4. The number of aliphatic carboxylic acids is 1. The summed E-state index contributed by atoms with van der Waals surface area (Å²) >= 11 is 0. The Morgan fingerprint density at radius 2 is 1.74 bits per heavy atom. The third kappa shape index (κ3) is 7.90. The van der Waals surface area contributed by atoms with E-state index < -0.39 is 29.8 Å². The predicted molar refractivity (Wildman–Crippen MR) is 124 cm³/mol. The monoisotopic (exact) mass is 555 g/mol. The topological polar surface area (TPSA) is 123 Å². The van der Waals surface area contributed by atoms with Gasteiger partial charge in [-0.05, 0) is 36.8 Å². The molecule has 0 unspecified atom stereocenters. The van der Waals surface area contributed by atoms with Crippen molar-refractivity contribution < 1.29 is 45.6 Å². The van der Waals surface area contributed by atoms with Crippen molar-refractivity contribution in [2.45, 2.75) is 32.7 Å². The van der Waals surface area contributed by atoms with Gasteiger partial charge >= 0.3 is 18.3 Å². The molecule has 0 atom stereocenters. The SMILES string of the molecule is CC(=O)Nc1cc(-c2nc(-c3cccc(Cn4ccnc4C)c3)no2)cc(C(F)(F)F)c1.O=C(O)C(F)(F)F. The van der Waals surface area contributed by atoms with Crippen LogP contribution in [0, 0.1) is 6.92 Å². The lowest BCUT2D eigenvalue weighted by Gasteiger charge is -2.11. The number of rotatable bonds is 5. The Morgan fingerprint density at radius 1 is 1.05 bits per heavy atom. The standard InChI is InChI=1S/C22H18F3N5O2.C2HF3O2/c1-13-26-6-7-30(13)12-15-4-3-5-16(8-15)20-28-21(32-29-20)17-9-18(22(23,24)25)11-19(10-17)27-14(2)31;3-2(4,5)1(6)7/h3-11H,12H2,1-2H3,(H,27,31);(H,6,7). The number of hydrogen-bond donors (Lipinski definition) is 2. The first-order valence-electron chi connectivity index (χ1n) is 10.8. The zero-order chi connectivity index (χ0) is 29.0. The van der Waals surface area contributed by atoms with Gasteiger partial charge in [0.2, 0.25) is 11.7 Å². The van der Waals surface area contributed by atoms with Crippen LogP contribution >= 0.6 is 0 Å². The van der Waals surface area contributed by atoms with Crippen LogP contribution in [0.25, 0.3) is 22.8 Å². The first kappa shape index (κ1) is 28.9. The molecule has 4 aromatic rings. The van der Waals surface area contributed by atoms with Crippen molar-refractivity contribution in [2.75, 3.05) is 5.32 Å². The molecule has 0 aliphatic heterocycles. The molecule has 1 amide bonds. The number of benzene rings is 2. The minimum atomic E-state index is -5.08.